The monoisotopic (exact) mass is 573 g/mol. The Kier molecular flexibility index (Phi) is 14.3. The van der Waals surface area contributed by atoms with Crippen LogP contribution >= 0.6 is 0 Å². The lowest BCUT2D eigenvalue weighted by atomic mass is 9.97. The molecule has 206 valence electrons. The first-order chi connectivity index (χ1) is 17.1. The number of quaternary nitrogens is 1. The number of halogens is 1. The Morgan fingerprint density at radius 2 is 1.32 bits per heavy atom. The number of carbonyl (C=O) groups is 2. The molecule has 5 nitrogen and oxygen atoms in total. The number of carbonyl (C=O) groups excluding carboxylic acids is 2. The lowest BCUT2D eigenvalue weighted by molar-refractivity contribution is -0.920. The van der Waals surface area contributed by atoms with Crippen LogP contribution in [0.4, 0.5) is 5.69 Å². The molecule has 2 aromatic carbocycles. The van der Waals surface area contributed by atoms with E-state index in [1.54, 1.807) is 0 Å². The number of nitrogens with zero attached hydrogens (tertiary/aromatic N) is 2. The highest BCUT2D eigenvalue weighted by Crippen LogP contribution is 2.20. The number of amides is 1. The first-order valence-electron chi connectivity index (χ1n) is 13.6. The van der Waals surface area contributed by atoms with Crippen molar-refractivity contribution in [2.45, 2.75) is 67.7 Å². The summed E-state index contributed by atoms with van der Waals surface area (Å²) in [7, 11) is 0. The first kappa shape index (κ1) is 33.0. The predicted octanol–water partition coefficient (Wildman–Crippen LogP) is 2.63. The molecule has 2 aromatic rings. The molecule has 0 heterocycles. The van der Waals surface area contributed by atoms with Crippen molar-refractivity contribution in [3.63, 3.8) is 0 Å². The summed E-state index contributed by atoms with van der Waals surface area (Å²) in [6, 6.07) is 12.3. The van der Waals surface area contributed by atoms with Gasteiger partial charge in [0.1, 0.15) is 6.54 Å². The summed E-state index contributed by atoms with van der Waals surface area (Å²) in [6.45, 7) is 20.1. The SMILES string of the molecule is CCC[N+](CCC)(CCN(CC)CC(=O)Nc1c(C)cccc1C)CC(=O)Cc1c(C)cccc1C.[Br-]. The fourth-order valence-electron chi connectivity index (χ4n) is 5.37. The summed E-state index contributed by atoms with van der Waals surface area (Å²) >= 11 is 0. The zero-order valence-electron chi connectivity index (χ0n) is 24.1. The molecule has 1 N–H and O–H groups in total. The van der Waals surface area contributed by atoms with Gasteiger partial charge in [0.25, 0.3) is 0 Å². The van der Waals surface area contributed by atoms with Crippen LogP contribution in [0.3, 0.4) is 0 Å². The zero-order chi connectivity index (χ0) is 26.7. The second-order valence-electron chi connectivity index (χ2n) is 10.4. The van der Waals surface area contributed by atoms with E-state index in [4.69, 9.17) is 0 Å². The van der Waals surface area contributed by atoms with Gasteiger partial charge < -0.3 is 26.8 Å². The standard InChI is InChI=1S/C31H47N3O2.BrH/c1-8-18-34(19-9-2,23-28(35)21-29-24(4)13-11-14-25(29)5)20-17-33(10-3)22-30(36)32-31-26(6)15-12-16-27(31)7;/h11-16H,8-10,17-23H2,1-7H3;1H. The Hall–Kier alpha value is -2.02. The van der Waals surface area contributed by atoms with Gasteiger partial charge in [-0.1, -0.05) is 57.2 Å². The second-order valence-corrected chi connectivity index (χ2v) is 10.4. The van der Waals surface area contributed by atoms with Crippen molar-refractivity contribution in [1.29, 1.82) is 0 Å². The van der Waals surface area contributed by atoms with Gasteiger partial charge in [-0.2, -0.15) is 0 Å². The predicted molar refractivity (Wildman–Crippen MR) is 152 cm³/mol. The lowest BCUT2D eigenvalue weighted by Crippen LogP contribution is -3.00. The number of benzene rings is 2. The van der Waals surface area contributed by atoms with Crippen LogP contribution in [-0.2, 0) is 16.0 Å². The molecular weight excluding hydrogens is 526 g/mol. The van der Waals surface area contributed by atoms with E-state index in [1.165, 1.54) is 16.7 Å². The summed E-state index contributed by atoms with van der Waals surface area (Å²) in [5.41, 5.74) is 6.63. The Balaban J connectivity index is 0.00000684. The number of likely N-dealkylation sites (N-methyl/N-ethyl adjacent to an activating group) is 1. The molecule has 37 heavy (non-hydrogen) atoms. The van der Waals surface area contributed by atoms with E-state index in [-0.39, 0.29) is 22.9 Å². The molecule has 0 fully saturated rings. The molecule has 0 unspecified atom stereocenters. The van der Waals surface area contributed by atoms with Crippen molar-refractivity contribution in [2.75, 3.05) is 51.1 Å². The maximum atomic E-state index is 13.3. The number of anilines is 1. The number of hydrogen-bond acceptors (Lipinski definition) is 3. The summed E-state index contributed by atoms with van der Waals surface area (Å²) in [5.74, 6) is 0.328. The van der Waals surface area contributed by atoms with E-state index in [9.17, 15) is 9.59 Å². The fourth-order valence-corrected chi connectivity index (χ4v) is 5.37. The van der Waals surface area contributed by atoms with Gasteiger partial charge in [-0.25, -0.2) is 0 Å². The number of ketones is 1. The molecule has 1 amide bonds. The van der Waals surface area contributed by atoms with E-state index >= 15 is 0 Å². The van der Waals surface area contributed by atoms with Gasteiger partial charge in [0.15, 0.2) is 5.78 Å². The topological polar surface area (TPSA) is 49.4 Å². The molecule has 0 aliphatic heterocycles. The van der Waals surface area contributed by atoms with E-state index in [1.807, 2.05) is 32.0 Å². The molecule has 0 aliphatic rings. The zero-order valence-corrected chi connectivity index (χ0v) is 25.7. The molecule has 6 heteroatoms. The molecular formula is C31H48BrN3O2. The van der Waals surface area contributed by atoms with Crippen LogP contribution in [0.5, 0.6) is 0 Å². The van der Waals surface area contributed by atoms with Crippen LogP contribution in [0.15, 0.2) is 36.4 Å². The van der Waals surface area contributed by atoms with Gasteiger partial charge in [0.2, 0.25) is 5.91 Å². The number of hydrogen-bond donors (Lipinski definition) is 1. The van der Waals surface area contributed by atoms with Gasteiger partial charge in [0, 0.05) is 18.7 Å². The summed E-state index contributed by atoms with van der Waals surface area (Å²) < 4.78 is 0.797. The second kappa shape index (κ2) is 16.1. The van der Waals surface area contributed by atoms with Crippen molar-refractivity contribution < 1.29 is 31.1 Å². The average molecular weight is 575 g/mol. The van der Waals surface area contributed by atoms with Crippen LogP contribution < -0.4 is 22.3 Å². The Bertz CT molecular complexity index is 975. The van der Waals surface area contributed by atoms with Crippen molar-refractivity contribution in [1.82, 2.24) is 4.90 Å². The smallest absolute Gasteiger partial charge is 0.238 e. The van der Waals surface area contributed by atoms with Crippen LogP contribution in [-0.4, -0.2) is 66.9 Å². The average Bonchev–Trinajstić information content (AvgIpc) is 2.82. The lowest BCUT2D eigenvalue weighted by Gasteiger charge is -2.39. The Labute approximate surface area is 236 Å². The van der Waals surface area contributed by atoms with Crippen molar-refractivity contribution in [2.24, 2.45) is 0 Å². The molecule has 2 rings (SSSR count). The number of rotatable bonds is 15. The third-order valence-electron chi connectivity index (χ3n) is 7.38. The molecule has 0 bridgehead atoms. The van der Waals surface area contributed by atoms with E-state index in [0.29, 0.717) is 25.3 Å². The number of para-hydroxylation sites is 1. The quantitative estimate of drug-likeness (QED) is 0.333. The molecule has 0 atom stereocenters. The summed E-state index contributed by atoms with van der Waals surface area (Å²) in [4.78, 5) is 28.4. The van der Waals surface area contributed by atoms with Gasteiger partial charge in [-0.05, 0) is 74.9 Å². The molecule has 0 saturated carbocycles. The molecule has 0 spiro atoms. The molecule has 0 saturated heterocycles. The Morgan fingerprint density at radius 3 is 1.81 bits per heavy atom. The minimum atomic E-state index is 0. The number of nitrogens with one attached hydrogen (secondary N) is 1. The van der Waals surface area contributed by atoms with E-state index in [2.05, 4.69) is 63.0 Å². The van der Waals surface area contributed by atoms with Gasteiger partial charge in [-0.3, -0.25) is 14.5 Å². The van der Waals surface area contributed by atoms with Gasteiger partial charge in [-0.15, -0.1) is 0 Å². The minimum Gasteiger partial charge on any atom is -1.00 e. The van der Waals surface area contributed by atoms with E-state index in [0.717, 1.165) is 66.9 Å². The third-order valence-corrected chi connectivity index (χ3v) is 7.38. The molecule has 0 aliphatic carbocycles. The van der Waals surface area contributed by atoms with Crippen LogP contribution in [0, 0.1) is 27.7 Å². The van der Waals surface area contributed by atoms with Crippen LogP contribution in [0.25, 0.3) is 0 Å². The third kappa shape index (κ3) is 9.99. The van der Waals surface area contributed by atoms with Gasteiger partial charge >= 0.3 is 0 Å². The molecule has 0 radical (unpaired) electrons. The fraction of sp³-hybridized carbons (Fsp3) is 0.548. The summed E-state index contributed by atoms with van der Waals surface area (Å²) in [6.07, 6.45) is 2.58. The van der Waals surface area contributed by atoms with Crippen LogP contribution in [0.1, 0.15) is 61.4 Å². The van der Waals surface area contributed by atoms with Gasteiger partial charge in [0.05, 0.1) is 26.2 Å². The maximum Gasteiger partial charge on any atom is 0.238 e. The number of aryl methyl sites for hydroxylation is 4. The first-order valence-corrected chi connectivity index (χ1v) is 13.6. The highest BCUT2D eigenvalue weighted by Gasteiger charge is 2.30. The van der Waals surface area contributed by atoms with Crippen LogP contribution in [0.2, 0.25) is 0 Å². The van der Waals surface area contributed by atoms with E-state index < -0.39 is 0 Å². The Morgan fingerprint density at radius 1 is 0.811 bits per heavy atom. The molecule has 0 aromatic heterocycles. The maximum absolute atomic E-state index is 13.3. The normalized spacial score (nSPS) is 11.4. The van der Waals surface area contributed by atoms with Crippen molar-refractivity contribution in [3.05, 3.63) is 64.2 Å². The van der Waals surface area contributed by atoms with Crippen molar-refractivity contribution in [3.8, 4) is 0 Å². The highest BCUT2D eigenvalue weighted by molar-refractivity contribution is 5.93. The van der Waals surface area contributed by atoms with Crippen molar-refractivity contribution >= 4 is 17.4 Å². The largest absolute Gasteiger partial charge is 1.00 e. The highest BCUT2D eigenvalue weighted by atomic mass is 79.9. The summed E-state index contributed by atoms with van der Waals surface area (Å²) in [5, 5.41) is 3.12. The number of Topliss-reactive ketones (excluding diaryl/α,β-unsaturated/α-hetero) is 1. The minimum absolute atomic E-state index is 0.